The number of amides is 2. The van der Waals surface area contributed by atoms with Gasteiger partial charge < -0.3 is 15.2 Å². The van der Waals surface area contributed by atoms with E-state index in [2.05, 4.69) is 25.8 Å². The first-order chi connectivity index (χ1) is 15.0. The van der Waals surface area contributed by atoms with Crippen LogP contribution in [0.3, 0.4) is 0 Å². The van der Waals surface area contributed by atoms with Gasteiger partial charge in [0.2, 0.25) is 17.7 Å². The summed E-state index contributed by atoms with van der Waals surface area (Å²) in [4.78, 5) is 34.7. The molecule has 0 aromatic carbocycles. The Labute approximate surface area is 186 Å². The molecule has 1 saturated carbocycles. The summed E-state index contributed by atoms with van der Waals surface area (Å²) in [5, 5.41) is 10.9. The third kappa shape index (κ3) is 5.50. The fourth-order valence-corrected chi connectivity index (χ4v) is 5.67. The van der Waals surface area contributed by atoms with Crippen LogP contribution in [0.25, 0.3) is 0 Å². The number of carbonyl (C=O) groups excluding carboxylic acids is 2. The number of nitrogens with one attached hydrogen (secondary N) is 2. The van der Waals surface area contributed by atoms with Crippen molar-refractivity contribution >= 4 is 28.3 Å². The van der Waals surface area contributed by atoms with Crippen LogP contribution < -0.4 is 10.6 Å². The monoisotopic (exact) mass is 445 g/mol. The zero-order valence-electron chi connectivity index (χ0n) is 18.2. The predicted octanol–water partition coefficient (Wildman–Crippen LogP) is 4.05. The highest BCUT2D eigenvalue weighted by molar-refractivity contribution is 7.15. The topological polar surface area (TPSA) is 110 Å². The molecule has 2 aromatic rings. The second kappa shape index (κ2) is 9.89. The van der Waals surface area contributed by atoms with Crippen LogP contribution in [-0.4, -0.2) is 26.9 Å². The summed E-state index contributed by atoms with van der Waals surface area (Å²) in [7, 11) is 0. The second-order valence-corrected chi connectivity index (χ2v) is 9.77. The fraction of sp³-hybridized carbons (Fsp3) is 0.682. The lowest BCUT2D eigenvalue weighted by Crippen LogP contribution is -2.45. The Bertz CT molecular complexity index is 891. The number of aryl methyl sites for hydroxylation is 3. The van der Waals surface area contributed by atoms with Crippen LogP contribution in [0, 0.1) is 0 Å². The Balaban J connectivity index is 1.36. The third-order valence-electron chi connectivity index (χ3n) is 6.18. The lowest BCUT2D eigenvalue weighted by Gasteiger charge is -2.30. The van der Waals surface area contributed by atoms with E-state index < -0.39 is 5.54 Å². The molecule has 9 heteroatoms. The van der Waals surface area contributed by atoms with Gasteiger partial charge in [0.15, 0.2) is 11.0 Å². The Morgan fingerprint density at radius 3 is 2.55 bits per heavy atom. The van der Waals surface area contributed by atoms with Crippen molar-refractivity contribution in [2.75, 3.05) is 5.32 Å². The number of fused-ring (bicyclic) bond motifs is 1. The van der Waals surface area contributed by atoms with Crippen LogP contribution in [0.1, 0.15) is 93.4 Å². The van der Waals surface area contributed by atoms with E-state index >= 15 is 0 Å². The molecule has 8 nitrogen and oxygen atoms in total. The molecule has 0 spiro atoms. The highest BCUT2D eigenvalue weighted by Gasteiger charge is 2.38. The Kier molecular flexibility index (Phi) is 6.99. The molecule has 1 fully saturated rings. The Morgan fingerprint density at radius 2 is 1.77 bits per heavy atom. The van der Waals surface area contributed by atoms with Crippen LogP contribution in [0.15, 0.2) is 4.52 Å². The number of hydrogen-bond donors (Lipinski definition) is 2. The van der Waals surface area contributed by atoms with E-state index in [4.69, 9.17) is 4.52 Å². The molecule has 2 aliphatic rings. The van der Waals surface area contributed by atoms with Gasteiger partial charge in [-0.05, 0) is 38.5 Å². The number of hydrogen-bond acceptors (Lipinski definition) is 7. The minimum atomic E-state index is -0.564. The summed E-state index contributed by atoms with van der Waals surface area (Å²) in [5.74, 6) is 0.766. The van der Waals surface area contributed by atoms with Crippen LogP contribution in [0.2, 0.25) is 0 Å². The molecule has 2 N–H and O–H groups in total. The van der Waals surface area contributed by atoms with Gasteiger partial charge in [-0.1, -0.05) is 37.3 Å². The molecule has 2 heterocycles. The van der Waals surface area contributed by atoms with E-state index in [0.29, 0.717) is 23.3 Å². The fourth-order valence-electron chi connectivity index (χ4n) is 4.61. The number of nitrogens with zero attached hydrogens (tertiary/aromatic N) is 3. The zero-order chi connectivity index (χ0) is 21.7. The van der Waals surface area contributed by atoms with Gasteiger partial charge in [-0.3, -0.25) is 9.59 Å². The van der Waals surface area contributed by atoms with Gasteiger partial charge >= 0.3 is 0 Å². The van der Waals surface area contributed by atoms with E-state index in [0.717, 1.165) is 57.1 Å². The van der Waals surface area contributed by atoms with Gasteiger partial charge in [0.05, 0.1) is 5.69 Å². The maximum atomic E-state index is 12.4. The van der Waals surface area contributed by atoms with Gasteiger partial charge in [0, 0.05) is 24.6 Å². The molecule has 4 rings (SSSR count). The van der Waals surface area contributed by atoms with Crippen molar-refractivity contribution in [2.24, 2.45) is 0 Å². The molecule has 0 atom stereocenters. The van der Waals surface area contributed by atoms with Crippen molar-refractivity contribution in [3.05, 3.63) is 22.3 Å². The highest BCUT2D eigenvalue weighted by Crippen LogP contribution is 2.34. The van der Waals surface area contributed by atoms with Crippen LogP contribution in [-0.2, 0) is 34.4 Å². The van der Waals surface area contributed by atoms with E-state index in [9.17, 15) is 9.59 Å². The lowest BCUT2D eigenvalue weighted by atomic mass is 9.89. The van der Waals surface area contributed by atoms with E-state index in [-0.39, 0.29) is 18.2 Å². The SMILES string of the molecule is CC(=O)NC1(c2noc(CCC(=O)Nc3nc4c(s3)CCCCC4)n2)CCCCCC1. The van der Waals surface area contributed by atoms with Crippen LogP contribution in [0.5, 0.6) is 0 Å². The number of anilines is 1. The summed E-state index contributed by atoms with van der Waals surface area (Å²) in [5.41, 5.74) is 0.580. The summed E-state index contributed by atoms with van der Waals surface area (Å²) >= 11 is 1.59. The molecular weight excluding hydrogens is 414 g/mol. The molecular formula is C22H31N5O3S. The molecule has 2 amide bonds. The van der Waals surface area contributed by atoms with Crippen molar-refractivity contribution in [3.8, 4) is 0 Å². The molecule has 2 aliphatic carbocycles. The molecule has 0 aliphatic heterocycles. The third-order valence-corrected chi connectivity index (χ3v) is 7.25. The first-order valence-corrected chi connectivity index (χ1v) is 12.3. The number of carbonyl (C=O) groups is 2. The van der Waals surface area contributed by atoms with Gasteiger partial charge in [0.1, 0.15) is 5.54 Å². The van der Waals surface area contributed by atoms with Crippen molar-refractivity contribution in [2.45, 2.75) is 95.9 Å². The minimum Gasteiger partial charge on any atom is -0.343 e. The van der Waals surface area contributed by atoms with Crippen LogP contribution in [0.4, 0.5) is 5.13 Å². The molecule has 0 unspecified atom stereocenters. The van der Waals surface area contributed by atoms with Crippen LogP contribution >= 0.6 is 11.3 Å². The Morgan fingerprint density at radius 1 is 1.03 bits per heavy atom. The van der Waals surface area contributed by atoms with Crippen molar-refractivity contribution in [3.63, 3.8) is 0 Å². The van der Waals surface area contributed by atoms with E-state index in [1.807, 2.05) is 0 Å². The van der Waals surface area contributed by atoms with E-state index in [1.165, 1.54) is 31.1 Å². The van der Waals surface area contributed by atoms with Gasteiger partial charge in [0.25, 0.3) is 0 Å². The average molecular weight is 446 g/mol. The second-order valence-electron chi connectivity index (χ2n) is 8.69. The van der Waals surface area contributed by atoms with Crippen molar-refractivity contribution < 1.29 is 14.1 Å². The summed E-state index contributed by atoms with van der Waals surface area (Å²) in [6.07, 6.45) is 12.2. The van der Waals surface area contributed by atoms with Crippen molar-refractivity contribution in [1.29, 1.82) is 0 Å². The first-order valence-electron chi connectivity index (χ1n) is 11.4. The number of thiazole rings is 1. The average Bonchev–Trinajstić information content (AvgIpc) is 3.21. The zero-order valence-corrected chi connectivity index (χ0v) is 19.0. The summed E-state index contributed by atoms with van der Waals surface area (Å²) in [6.45, 7) is 1.52. The highest BCUT2D eigenvalue weighted by atomic mass is 32.1. The molecule has 0 radical (unpaired) electrons. The van der Waals surface area contributed by atoms with Gasteiger partial charge in [-0.2, -0.15) is 4.98 Å². The standard InChI is InChI=1S/C22H31N5O3S/c1-15(28)26-22(13-7-2-3-8-14-22)20-25-19(30-27-20)12-11-18(29)24-21-23-16-9-5-4-6-10-17(16)31-21/h2-14H2,1H3,(H,26,28)(H,23,24,29). The summed E-state index contributed by atoms with van der Waals surface area (Å²) in [6, 6.07) is 0. The molecule has 31 heavy (non-hydrogen) atoms. The molecule has 2 aromatic heterocycles. The summed E-state index contributed by atoms with van der Waals surface area (Å²) < 4.78 is 5.44. The Hall–Kier alpha value is -2.29. The molecule has 0 bridgehead atoms. The quantitative estimate of drug-likeness (QED) is 0.513. The van der Waals surface area contributed by atoms with Gasteiger partial charge in [-0.15, -0.1) is 11.3 Å². The first kappa shape index (κ1) is 21.9. The molecule has 168 valence electrons. The van der Waals surface area contributed by atoms with Crippen molar-refractivity contribution in [1.82, 2.24) is 20.4 Å². The lowest BCUT2D eigenvalue weighted by molar-refractivity contribution is -0.121. The predicted molar refractivity (Wildman–Crippen MR) is 118 cm³/mol. The van der Waals surface area contributed by atoms with E-state index in [1.54, 1.807) is 11.3 Å². The minimum absolute atomic E-state index is 0.0884. The maximum Gasteiger partial charge on any atom is 0.227 e. The number of aromatic nitrogens is 3. The van der Waals surface area contributed by atoms with Gasteiger partial charge in [-0.25, -0.2) is 4.98 Å². The number of rotatable bonds is 6. The maximum absolute atomic E-state index is 12.4. The smallest absolute Gasteiger partial charge is 0.227 e. The molecule has 0 saturated heterocycles. The largest absolute Gasteiger partial charge is 0.343 e. The normalized spacial score (nSPS) is 18.5.